The minimum atomic E-state index is -1.07. The number of rotatable bonds is 4. The maximum atomic E-state index is 13.7. The summed E-state index contributed by atoms with van der Waals surface area (Å²) in [5, 5.41) is 8.50. The summed E-state index contributed by atoms with van der Waals surface area (Å²) < 4.78 is 19.0. The molecule has 0 amide bonds. The maximum absolute atomic E-state index is 13.7. The predicted molar refractivity (Wildman–Crippen MR) is 72.4 cm³/mol. The molecule has 1 N–H and O–H groups in total. The van der Waals surface area contributed by atoms with Crippen LogP contribution in [0.3, 0.4) is 0 Å². The Morgan fingerprint density at radius 3 is 2.95 bits per heavy atom. The van der Waals surface area contributed by atoms with E-state index >= 15 is 0 Å². The molecular weight excluding hydrogens is 285 g/mol. The summed E-state index contributed by atoms with van der Waals surface area (Å²) in [6.07, 6.45) is 5.18. The van der Waals surface area contributed by atoms with Crippen molar-refractivity contribution in [1.29, 1.82) is 0 Å². The monoisotopic (exact) mass is 293 g/mol. The highest BCUT2D eigenvalue weighted by atomic mass is 35.5. The fourth-order valence-electron chi connectivity index (χ4n) is 1.44. The number of hydrogen-bond acceptors (Lipinski definition) is 3. The molecule has 2 aromatic rings. The Balaban J connectivity index is 2.24. The molecule has 0 atom stereocenters. The van der Waals surface area contributed by atoms with Gasteiger partial charge in [0.15, 0.2) is 11.6 Å². The number of carbonyl (C=O) groups is 1. The third-order valence-electron chi connectivity index (χ3n) is 2.30. The van der Waals surface area contributed by atoms with E-state index in [0.717, 1.165) is 6.08 Å². The van der Waals surface area contributed by atoms with Crippen LogP contribution in [0.2, 0.25) is 5.02 Å². The summed E-state index contributed by atoms with van der Waals surface area (Å²) in [6, 6.07) is 5.93. The number of ether oxygens (including phenoxy) is 1. The quantitative estimate of drug-likeness (QED) is 0.872. The molecule has 2 rings (SSSR count). The van der Waals surface area contributed by atoms with Gasteiger partial charge in [0, 0.05) is 12.3 Å². The molecule has 1 aromatic carbocycles. The van der Waals surface area contributed by atoms with Gasteiger partial charge in [-0.05, 0) is 29.8 Å². The van der Waals surface area contributed by atoms with Gasteiger partial charge in [-0.2, -0.15) is 0 Å². The molecule has 0 bridgehead atoms. The lowest BCUT2D eigenvalue weighted by molar-refractivity contribution is -0.131. The van der Waals surface area contributed by atoms with E-state index < -0.39 is 11.8 Å². The second kappa shape index (κ2) is 6.16. The molecule has 0 aliphatic rings. The Labute approximate surface area is 119 Å². The van der Waals surface area contributed by atoms with Crippen molar-refractivity contribution in [2.75, 3.05) is 0 Å². The third kappa shape index (κ3) is 3.55. The van der Waals surface area contributed by atoms with Gasteiger partial charge in [-0.15, -0.1) is 0 Å². The lowest BCUT2D eigenvalue weighted by atomic mass is 10.2. The van der Waals surface area contributed by atoms with Gasteiger partial charge in [0.05, 0.1) is 11.2 Å². The van der Waals surface area contributed by atoms with Gasteiger partial charge in [0.2, 0.25) is 0 Å². The molecule has 0 aliphatic heterocycles. The van der Waals surface area contributed by atoms with Gasteiger partial charge in [-0.1, -0.05) is 17.7 Å². The number of carboxylic acid groups (broad SMARTS) is 1. The zero-order chi connectivity index (χ0) is 14.5. The van der Waals surface area contributed by atoms with Crippen LogP contribution in [0.25, 0.3) is 6.08 Å². The molecule has 102 valence electrons. The average molecular weight is 294 g/mol. The van der Waals surface area contributed by atoms with Crippen LogP contribution in [0.5, 0.6) is 11.5 Å². The number of nitrogens with zero attached hydrogens (tertiary/aromatic N) is 1. The van der Waals surface area contributed by atoms with E-state index in [0.29, 0.717) is 5.56 Å². The summed E-state index contributed by atoms with van der Waals surface area (Å²) in [6.45, 7) is 0. The zero-order valence-electron chi connectivity index (χ0n) is 10.1. The van der Waals surface area contributed by atoms with Gasteiger partial charge in [0.25, 0.3) is 0 Å². The summed E-state index contributed by atoms with van der Waals surface area (Å²) in [5.41, 5.74) is 0.521. The molecular formula is C14H9ClFNO3. The van der Waals surface area contributed by atoms with E-state index in [1.165, 1.54) is 36.7 Å². The SMILES string of the molecule is O=C(O)/C=C/c1cncc(Oc2cccc(Cl)c2F)c1. The maximum Gasteiger partial charge on any atom is 0.328 e. The first-order chi connectivity index (χ1) is 9.56. The van der Waals surface area contributed by atoms with E-state index in [4.69, 9.17) is 21.4 Å². The number of halogens is 2. The molecule has 0 radical (unpaired) electrons. The molecule has 4 nitrogen and oxygen atoms in total. The number of carboxylic acids is 1. The van der Waals surface area contributed by atoms with Crippen molar-refractivity contribution in [3.05, 3.63) is 59.1 Å². The summed E-state index contributed by atoms with van der Waals surface area (Å²) in [5.74, 6) is -1.49. The van der Waals surface area contributed by atoms with Crippen LogP contribution in [0.15, 0.2) is 42.7 Å². The smallest absolute Gasteiger partial charge is 0.328 e. The topological polar surface area (TPSA) is 59.4 Å². The van der Waals surface area contributed by atoms with E-state index in [2.05, 4.69) is 4.98 Å². The molecule has 0 saturated carbocycles. The number of benzene rings is 1. The van der Waals surface area contributed by atoms with E-state index in [1.807, 2.05) is 0 Å². The second-order valence-electron chi connectivity index (χ2n) is 3.78. The van der Waals surface area contributed by atoms with Crippen molar-refractivity contribution in [3.8, 4) is 11.5 Å². The molecule has 1 aromatic heterocycles. The Hall–Kier alpha value is -2.40. The van der Waals surface area contributed by atoms with Crippen LogP contribution in [-0.4, -0.2) is 16.1 Å². The van der Waals surface area contributed by atoms with Gasteiger partial charge in [0.1, 0.15) is 5.75 Å². The Morgan fingerprint density at radius 2 is 2.20 bits per heavy atom. The van der Waals surface area contributed by atoms with Crippen molar-refractivity contribution >= 4 is 23.6 Å². The van der Waals surface area contributed by atoms with Crippen LogP contribution in [-0.2, 0) is 4.79 Å². The molecule has 6 heteroatoms. The largest absolute Gasteiger partial charge is 0.478 e. The number of aliphatic carboxylic acids is 1. The van der Waals surface area contributed by atoms with Crippen LogP contribution in [0, 0.1) is 5.82 Å². The van der Waals surface area contributed by atoms with Crippen LogP contribution in [0.4, 0.5) is 4.39 Å². The molecule has 0 saturated heterocycles. The highest BCUT2D eigenvalue weighted by molar-refractivity contribution is 6.30. The van der Waals surface area contributed by atoms with Crippen molar-refractivity contribution in [2.24, 2.45) is 0 Å². The minimum Gasteiger partial charge on any atom is -0.478 e. The van der Waals surface area contributed by atoms with E-state index in [9.17, 15) is 9.18 Å². The first-order valence-electron chi connectivity index (χ1n) is 5.54. The highest BCUT2D eigenvalue weighted by Gasteiger charge is 2.08. The first-order valence-corrected chi connectivity index (χ1v) is 5.92. The van der Waals surface area contributed by atoms with Gasteiger partial charge < -0.3 is 9.84 Å². The minimum absolute atomic E-state index is 0.0290. The van der Waals surface area contributed by atoms with Gasteiger partial charge in [-0.25, -0.2) is 9.18 Å². The van der Waals surface area contributed by atoms with E-state index in [-0.39, 0.29) is 16.5 Å². The predicted octanol–water partition coefficient (Wildman–Crippen LogP) is 3.76. The average Bonchev–Trinajstić information content (AvgIpc) is 2.42. The number of pyridine rings is 1. The number of aromatic nitrogens is 1. The Morgan fingerprint density at radius 1 is 1.40 bits per heavy atom. The fourth-order valence-corrected chi connectivity index (χ4v) is 1.61. The third-order valence-corrected chi connectivity index (χ3v) is 2.59. The molecule has 20 heavy (non-hydrogen) atoms. The number of hydrogen-bond donors (Lipinski definition) is 1. The Bertz CT molecular complexity index is 673. The second-order valence-corrected chi connectivity index (χ2v) is 4.19. The van der Waals surface area contributed by atoms with Crippen LogP contribution in [0.1, 0.15) is 5.56 Å². The molecule has 1 heterocycles. The zero-order valence-corrected chi connectivity index (χ0v) is 10.8. The van der Waals surface area contributed by atoms with Crippen LogP contribution < -0.4 is 4.74 Å². The summed E-state index contributed by atoms with van der Waals surface area (Å²) in [7, 11) is 0. The standard InChI is InChI=1S/C14H9ClFNO3/c15-11-2-1-3-12(14(11)16)20-10-6-9(7-17-8-10)4-5-13(18)19/h1-8H,(H,18,19)/b5-4+. The van der Waals surface area contributed by atoms with Gasteiger partial charge in [-0.3, -0.25) is 4.98 Å². The Kier molecular flexibility index (Phi) is 4.32. The van der Waals surface area contributed by atoms with Crippen molar-refractivity contribution in [2.45, 2.75) is 0 Å². The molecule has 0 spiro atoms. The summed E-state index contributed by atoms with van der Waals surface area (Å²) in [4.78, 5) is 14.3. The van der Waals surface area contributed by atoms with Crippen molar-refractivity contribution in [3.63, 3.8) is 0 Å². The van der Waals surface area contributed by atoms with Crippen molar-refractivity contribution < 1.29 is 19.0 Å². The van der Waals surface area contributed by atoms with E-state index in [1.54, 1.807) is 6.07 Å². The molecule has 0 aliphatic carbocycles. The molecule has 0 fully saturated rings. The van der Waals surface area contributed by atoms with Crippen LogP contribution >= 0.6 is 11.6 Å². The molecule has 0 unspecified atom stereocenters. The normalized spacial score (nSPS) is 10.7. The highest BCUT2D eigenvalue weighted by Crippen LogP contribution is 2.28. The van der Waals surface area contributed by atoms with Gasteiger partial charge >= 0.3 is 5.97 Å². The van der Waals surface area contributed by atoms with Crippen molar-refractivity contribution in [1.82, 2.24) is 4.98 Å². The fraction of sp³-hybridized carbons (Fsp3) is 0. The lowest BCUT2D eigenvalue weighted by Gasteiger charge is -2.07. The lowest BCUT2D eigenvalue weighted by Crippen LogP contribution is -1.91. The first kappa shape index (κ1) is 14.0. The summed E-state index contributed by atoms with van der Waals surface area (Å²) >= 11 is 5.65.